The lowest BCUT2D eigenvalue weighted by molar-refractivity contribution is -0.162. The summed E-state index contributed by atoms with van der Waals surface area (Å²) in [6.45, 7) is 6.40. The van der Waals surface area contributed by atoms with Crippen LogP contribution >= 0.6 is 0 Å². The first-order chi connectivity index (χ1) is 11.9. The van der Waals surface area contributed by atoms with E-state index in [0.717, 1.165) is 43.4 Å². The predicted molar refractivity (Wildman–Crippen MR) is 94.7 cm³/mol. The molecule has 3 heteroatoms. The molecule has 0 heterocycles. The van der Waals surface area contributed by atoms with Crippen LogP contribution in [0.3, 0.4) is 0 Å². The fourth-order valence-corrected chi connectivity index (χ4v) is 8.33. The van der Waals surface area contributed by atoms with Crippen LogP contribution in [0.4, 0.5) is 0 Å². The average molecular weight is 344 g/mol. The van der Waals surface area contributed by atoms with E-state index < -0.39 is 0 Å². The summed E-state index contributed by atoms with van der Waals surface area (Å²) in [5, 5.41) is 0. The van der Waals surface area contributed by atoms with Crippen molar-refractivity contribution in [1.29, 1.82) is 0 Å². The number of esters is 1. The topological polar surface area (TPSA) is 43.4 Å². The van der Waals surface area contributed by atoms with Crippen LogP contribution in [-0.4, -0.2) is 17.9 Å². The maximum absolute atomic E-state index is 12.5. The highest BCUT2D eigenvalue weighted by molar-refractivity contribution is 5.87. The molecule has 0 aromatic heterocycles. The molecule has 9 atom stereocenters. The standard InChI is InChI=1S/C22H32O3/c1-12(23)25-19-10-13-4-5-14-16-6-7-20(24)21(16,2)9-8-17(14)22(13,3)18-11-15(18)19/h13-19H,4-11H2,1-3H3/t13-,14-,15+,16-,17-,18-,19?,21-,22-/m0/s1. The monoisotopic (exact) mass is 344 g/mol. The van der Waals surface area contributed by atoms with Gasteiger partial charge in [-0.15, -0.1) is 0 Å². The summed E-state index contributed by atoms with van der Waals surface area (Å²) in [5.41, 5.74) is 0.416. The Kier molecular flexibility index (Phi) is 3.33. The summed E-state index contributed by atoms with van der Waals surface area (Å²) < 4.78 is 5.69. The fourth-order valence-electron chi connectivity index (χ4n) is 8.33. The molecule has 0 spiro atoms. The third kappa shape index (κ3) is 2.04. The molecule has 0 aromatic rings. The molecule has 5 aliphatic rings. The Balaban J connectivity index is 1.43. The molecule has 0 saturated heterocycles. The van der Waals surface area contributed by atoms with E-state index in [1.165, 1.54) is 25.7 Å². The minimum atomic E-state index is -0.106. The number of ether oxygens (including phenoxy) is 1. The number of hydrogen-bond acceptors (Lipinski definition) is 3. The number of carbonyl (C=O) groups is 2. The van der Waals surface area contributed by atoms with Gasteiger partial charge >= 0.3 is 5.97 Å². The maximum Gasteiger partial charge on any atom is 0.302 e. The van der Waals surface area contributed by atoms with E-state index in [0.29, 0.717) is 29.0 Å². The van der Waals surface area contributed by atoms with Gasteiger partial charge in [0.25, 0.3) is 0 Å². The van der Waals surface area contributed by atoms with Gasteiger partial charge in [-0.25, -0.2) is 0 Å². The van der Waals surface area contributed by atoms with Crippen molar-refractivity contribution in [3.63, 3.8) is 0 Å². The Morgan fingerprint density at radius 2 is 1.80 bits per heavy atom. The smallest absolute Gasteiger partial charge is 0.302 e. The number of ketones is 1. The Labute approximate surface area is 151 Å². The van der Waals surface area contributed by atoms with E-state index in [1.54, 1.807) is 6.92 Å². The zero-order chi connectivity index (χ0) is 17.6. The zero-order valence-corrected chi connectivity index (χ0v) is 15.9. The molecule has 0 N–H and O–H groups in total. The van der Waals surface area contributed by atoms with Crippen LogP contribution in [0.25, 0.3) is 0 Å². The van der Waals surface area contributed by atoms with Gasteiger partial charge in [0.15, 0.2) is 0 Å². The van der Waals surface area contributed by atoms with Gasteiger partial charge in [-0.05, 0) is 85.9 Å². The molecule has 0 bridgehead atoms. The van der Waals surface area contributed by atoms with Gasteiger partial charge in [-0.3, -0.25) is 9.59 Å². The highest BCUT2D eigenvalue weighted by atomic mass is 16.5. The fraction of sp³-hybridized carbons (Fsp3) is 0.909. The molecule has 5 rings (SSSR count). The van der Waals surface area contributed by atoms with Gasteiger partial charge in [0.1, 0.15) is 11.9 Å². The summed E-state index contributed by atoms with van der Waals surface area (Å²) >= 11 is 0. The number of rotatable bonds is 1. The minimum Gasteiger partial charge on any atom is -0.462 e. The second kappa shape index (κ2) is 5.10. The van der Waals surface area contributed by atoms with E-state index >= 15 is 0 Å². The Bertz CT molecular complexity index is 627. The molecule has 0 radical (unpaired) electrons. The number of Topliss-reactive ketones (excluding diaryl/α,β-unsaturated/α-hetero) is 1. The Morgan fingerprint density at radius 3 is 2.56 bits per heavy atom. The molecule has 5 fully saturated rings. The van der Waals surface area contributed by atoms with Crippen LogP contribution in [0.2, 0.25) is 0 Å². The molecule has 5 aliphatic carbocycles. The van der Waals surface area contributed by atoms with E-state index in [-0.39, 0.29) is 17.5 Å². The largest absolute Gasteiger partial charge is 0.462 e. The van der Waals surface area contributed by atoms with Crippen molar-refractivity contribution in [2.75, 3.05) is 0 Å². The van der Waals surface area contributed by atoms with Gasteiger partial charge in [0.05, 0.1) is 0 Å². The van der Waals surface area contributed by atoms with Crippen molar-refractivity contribution in [1.82, 2.24) is 0 Å². The molecule has 0 aromatic carbocycles. The Hall–Kier alpha value is -0.860. The first-order valence-electron chi connectivity index (χ1n) is 10.6. The molecular weight excluding hydrogens is 312 g/mol. The molecule has 3 nitrogen and oxygen atoms in total. The van der Waals surface area contributed by atoms with Crippen LogP contribution in [0.5, 0.6) is 0 Å². The molecule has 5 saturated carbocycles. The van der Waals surface area contributed by atoms with E-state index in [1.807, 2.05) is 0 Å². The summed E-state index contributed by atoms with van der Waals surface area (Å²) in [4.78, 5) is 24.0. The number of fused-ring (bicyclic) bond motifs is 7. The van der Waals surface area contributed by atoms with E-state index in [2.05, 4.69) is 13.8 Å². The zero-order valence-electron chi connectivity index (χ0n) is 15.9. The lowest BCUT2D eigenvalue weighted by Gasteiger charge is -2.60. The van der Waals surface area contributed by atoms with Crippen molar-refractivity contribution in [3.05, 3.63) is 0 Å². The first kappa shape index (κ1) is 16.3. The van der Waals surface area contributed by atoms with Crippen LogP contribution in [0.1, 0.15) is 72.1 Å². The predicted octanol–water partition coefficient (Wildman–Crippen LogP) is 4.39. The molecule has 0 amide bonds. The number of carbonyl (C=O) groups excluding carboxylic acids is 2. The first-order valence-corrected chi connectivity index (χ1v) is 10.6. The van der Waals surface area contributed by atoms with Crippen molar-refractivity contribution in [2.24, 2.45) is 46.3 Å². The number of hydrogen-bond donors (Lipinski definition) is 0. The van der Waals surface area contributed by atoms with E-state index in [4.69, 9.17) is 4.74 Å². The molecule has 0 aliphatic heterocycles. The quantitative estimate of drug-likeness (QED) is 0.663. The van der Waals surface area contributed by atoms with Gasteiger partial charge in [-0.1, -0.05) is 13.8 Å². The summed E-state index contributed by atoms with van der Waals surface area (Å²) in [7, 11) is 0. The minimum absolute atomic E-state index is 0.0116. The van der Waals surface area contributed by atoms with Gasteiger partial charge in [-0.2, -0.15) is 0 Å². The highest BCUT2D eigenvalue weighted by Gasteiger charge is 2.68. The average Bonchev–Trinajstić information content (AvgIpc) is 3.31. The second-order valence-corrected chi connectivity index (χ2v) is 10.3. The highest BCUT2D eigenvalue weighted by Crippen LogP contribution is 2.72. The van der Waals surface area contributed by atoms with Crippen molar-refractivity contribution in [3.8, 4) is 0 Å². The van der Waals surface area contributed by atoms with Crippen LogP contribution in [0.15, 0.2) is 0 Å². The normalized spacial score (nSPS) is 56.3. The second-order valence-electron chi connectivity index (χ2n) is 10.3. The van der Waals surface area contributed by atoms with Crippen LogP contribution < -0.4 is 0 Å². The van der Waals surface area contributed by atoms with E-state index in [9.17, 15) is 9.59 Å². The third-order valence-corrected chi connectivity index (χ3v) is 9.62. The van der Waals surface area contributed by atoms with Gasteiger partial charge < -0.3 is 4.74 Å². The molecule has 138 valence electrons. The summed E-state index contributed by atoms with van der Waals surface area (Å²) in [6.07, 6.45) is 9.42. The third-order valence-electron chi connectivity index (χ3n) is 9.62. The molecular formula is C22H32O3. The van der Waals surface area contributed by atoms with Crippen molar-refractivity contribution < 1.29 is 14.3 Å². The molecule has 25 heavy (non-hydrogen) atoms. The van der Waals surface area contributed by atoms with Crippen molar-refractivity contribution >= 4 is 11.8 Å². The maximum atomic E-state index is 12.5. The van der Waals surface area contributed by atoms with Crippen LogP contribution in [-0.2, 0) is 14.3 Å². The summed E-state index contributed by atoms with van der Waals surface area (Å²) in [5.74, 6) is 4.72. The van der Waals surface area contributed by atoms with Gasteiger partial charge in [0, 0.05) is 18.8 Å². The molecule has 1 unspecified atom stereocenters. The van der Waals surface area contributed by atoms with Crippen molar-refractivity contribution in [2.45, 2.75) is 78.2 Å². The van der Waals surface area contributed by atoms with Crippen LogP contribution in [0, 0.1) is 46.3 Å². The lowest BCUT2D eigenvalue weighted by atomic mass is 9.45. The van der Waals surface area contributed by atoms with Gasteiger partial charge in [0.2, 0.25) is 0 Å². The summed E-state index contributed by atoms with van der Waals surface area (Å²) in [6, 6.07) is 0. The lowest BCUT2D eigenvalue weighted by Crippen LogP contribution is -2.55. The SMILES string of the molecule is CC(=O)OC1C[C@@H]2CC[C@@H]3[C@H](CC[C@]4(C)C(=O)CC[C@@H]34)[C@@]2(C)[C@H]2C[C@@H]12. The Morgan fingerprint density at radius 1 is 1.00 bits per heavy atom.